The molecule has 0 bridgehead atoms. The van der Waals surface area contributed by atoms with Gasteiger partial charge in [-0.3, -0.25) is 19.9 Å². The van der Waals surface area contributed by atoms with Crippen molar-refractivity contribution >= 4 is 28.9 Å². The van der Waals surface area contributed by atoms with Gasteiger partial charge in [0.2, 0.25) is 0 Å². The van der Waals surface area contributed by atoms with Crippen molar-refractivity contribution in [1.29, 1.82) is 0 Å². The summed E-state index contributed by atoms with van der Waals surface area (Å²) in [5, 5.41) is 13.7. The van der Waals surface area contributed by atoms with Crippen LogP contribution in [-0.2, 0) is 0 Å². The highest BCUT2D eigenvalue weighted by Crippen LogP contribution is 2.23. The number of rotatable bonds is 3. The zero-order valence-electron chi connectivity index (χ0n) is 11.4. The van der Waals surface area contributed by atoms with E-state index < -0.39 is 10.8 Å². The normalized spacial score (nSPS) is 10.2. The summed E-state index contributed by atoms with van der Waals surface area (Å²) in [6, 6.07) is 6.05. The zero-order chi connectivity index (χ0) is 15.6. The van der Waals surface area contributed by atoms with Gasteiger partial charge in [-0.15, -0.1) is 0 Å². The van der Waals surface area contributed by atoms with E-state index in [1.54, 1.807) is 32.0 Å². The molecule has 2 aromatic rings. The Hall–Kier alpha value is -2.47. The van der Waals surface area contributed by atoms with E-state index in [4.69, 9.17) is 11.6 Å². The predicted octanol–water partition coefficient (Wildman–Crippen LogP) is 3.51. The summed E-state index contributed by atoms with van der Waals surface area (Å²) in [5.74, 6) is -0.467. The summed E-state index contributed by atoms with van der Waals surface area (Å²) < 4.78 is 0. The predicted molar refractivity (Wildman–Crippen MR) is 79.8 cm³/mol. The molecule has 0 aliphatic carbocycles. The van der Waals surface area contributed by atoms with Crippen LogP contribution in [0.25, 0.3) is 0 Å². The Balaban J connectivity index is 2.27. The lowest BCUT2D eigenvalue weighted by Gasteiger charge is -2.07. The number of nitro benzene ring substituents is 1. The number of hydrogen-bond acceptors (Lipinski definition) is 4. The van der Waals surface area contributed by atoms with Gasteiger partial charge in [-0.2, -0.15) is 0 Å². The highest BCUT2D eigenvalue weighted by molar-refractivity contribution is 6.34. The Morgan fingerprint density at radius 3 is 2.67 bits per heavy atom. The second-order valence-electron chi connectivity index (χ2n) is 4.52. The number of hydrogen-bond donors (Lipinski definition) is 1. The molecule has 0 saturated heterocycles. The Morgan fingerprint density at radius 2 is 2.05 bits per heavy atom. The fourth-order valence-electron chi connectivity index (χ4n) is 1.78. The van der Waals surface area contributed by atoms with Gasteiger partial charge < -0.3 is 5.32 Å². The topological polar surface area (TPSA) is 85.1 Å². The molecular weight excluding hydrogens is 294 g/mol. The second-order valence-corrected chi connectivity index (χ2v) is 4.93. The quantitative estimate of drug-likeness (QED) is 0.694. The Labute approximate surface area is 125 Å². The van der Waals surface area contributed by atoms with E-state index in [9.17, 15) is 14.9 Å². The van der Waals surface area contributed by atoms with Crippen LogP contribution in [0, 0.1) is 24.0 Å². The smallest absolute Gasteiger partial charge is 0.274 e. The third kappa shape index (κ3) is 3.35. The van der Waals surface area contributed by atoms with Gasteiger partial charge in [0.05, 0.1) is 15.5 Å². The van der Waals surface area contributed by atoms with Crippen LogP contribution in [-0.4, -0.2) is 15.8 Å². The number of nitrogens with one attached hydrogen (secondary N) is 1. The van der Waals surface area contributed by atoms with Gasteiger partial charge in [0.25, 0.3) is 11.6 Å². The van der Waals surface area contributed by atoms with Crippen LogP contribution in [0.15, 0.2) is 30.5 Å². The molecular formula is C14H12ClN3O3. The molecule has 1 amide bonds. The summed E-state index contributed by atoms with van der Waals surface area (Å²) >= 11 is 5.99. The number of carbonyl (C=O) groups excluding carboxylic acids is 1. The van der Waals surface area contributed by atoms with E-state index in [2.05, 4.69) is 10.3 Å². The van der Waals surface area contributed by atoms with Crippen molar-refractivity contribution < 1.29 is 9.72 Å². The fourth-order valence-corrected chi connectivity index (χ4v) is 2.07. The van der Waals surface area contributed by atoms with Gasteiger partial charge in [0.1, 0.15) is 0 Å². The summed E-state index contributed by atoms with van der Waals surface area (Å²) in [5.41, 5.74) is 1.70. The summed E-state index contributed by atoms with van der Waals surface area (Å²) in [6.45, 7) is 3.39. The van der Waals surface area contributed by atoms with E-state index >= 15 is 0 Å². The molecule has 0 radical (unpaired) electrons. The summed E-state index contributed by atoms with van der Waals surface area (Å²) in [4.78, 5) is 26.5. The van der Waals surface area contributed by atoms with Crippen LogP contribution < -0.4 is 5.32 Å². The summed E-state index contributed by atoms with van der Waals surface area (Å²) in [6.07, 6.45) is 1.37. The molecule has 7 heteroatoms. The minimum absolute atomic E-state index is 0.0547. The van der Waals surface area contributed by atoms with Crippen molar-refractivity contribution in [2.75, 3.05) is 5.32 Å². The van der Waals surface area contributed by atoms with Crippen molar-refractivity contribution in [3.05, 3.63) is 62.4 Å². The Morgan fingerprint density at radius 1 is 1.33 bits per heavy atom. The molecule has 0 aliphatic rings. The summed E-state index contributed by atoms with van der Waals surface area (Å²) in [7, 11) is 0. The molecule has 0 fully saturated rings. The van der Waals surface area contributed by atoms with Gasteiger partial charge in [-0.25, -0.2) is 0 Å². The average molecular weight is 306 g/mol. The van der Waals surface area contributed by atoms with Crippen molar-refractivity contribution in [2.45, 2.75) is 13.8 Å². The zero-order valence-corrected chi connectivity index (χ0v) is 12.1. The molecule has 21 heavy (non-hydrogen) atoms. The van der Waals surface area contributed by atoms with E-state index in [1.807, 2.05) is 0 Å². The number of halogens is 1. The van der Waals surface area contributed by atoms with Crippen LogP contribution in [0.5, 0.6) is 0 Å². The number of carbonyl (C=O) groups is 1. The van der Waals surface area contributed by atoms with Gasteiger partial charge in [-0.1, -0.05) is 17.7 Å². The van der Waals surface area contributed by atoms with Crippen molar-refractivity contribution in [3.63, 3.8) is 0 Å². The lowest BCUT2D eigenvalue weighted by molar-refractivity contribution is -0.385. The molecule has 1 heterocycles. The molecule has 1 N–H and O–H groups in total. The van der Waals surface area contributed by atoms with Crippen molar-refractivity contribution in [1.82, 2.24) is 4.98 Å². The number of pyridine rings is 1. The second kappa shape index (κ2) is 5.88. The van der Waals surface area contributed by atoms with E-state index in [0.29, 0.717) is 16.9 Å². The number of nitro groups is 1. The molecule has 0 unspecified atom stereocenters. The van der Waals surface area contributed by atoms with E-state index in [1.165, 1.54) is 12.3 Å². The number of anilines is 1. The first-order valence-electron chi connectivity index (χ1n) is 6.07. The highest BCUT2D eigenvalue weighted by atomic mass is 35.5. The Kier molecular flexibility index (Phi) is 4.18. The van der Waals surface area contributed by atoms with Crippen LogP contribution in [0.2, 0.25) is 5.02 Å². The van der Waals surface area contributed by atoms with E-state index in [-0.39, 0.29) is 16.3 Å². The first kappa shape index (κ1) is 14.9. The maximum atomic E-state index is 12.1. The molecule has 6 nitrogen and oxygen atoms in total. The SMILES string of the molecule is Cc1cc(Cl)c(C(=O)Nc2ccc(C)c([N+](=O)[O-])c2)cn1. The van der Waals surface area contributed by atoms with Gasteiger partial charge in [-0.05, 0) is 26.0 Å². The standard InChI is InChI=1S/C14H12ClN3O3/c1-8-3-4-10(6-13(8)18(20)21)17-14(19)11-7-16-9(2)5-12(11)15/h3-7H,1-2H3,(H,17,19). The maximum Gasteiger partial charge on any atom is 0.274 e. The highest BCUT2D eigenvalue weighted by Gasteiger charge is 2.15. The molecule has 0 spiro atoms. The van der Waals surface area contributed by atoms with E-state index in [0.717, 1.165) is 0 Å². The number of aryl methyl sites for hydroxylation is 2. The number of benzene rings is 1. The first-order chi connectivity index (χ1) is 9.88. The molecule has 1 aromatic carbocycles. The third-order valence-electron chi connectivity index (χ3n) is 2.90. The van der Waals surface area contributed by atoms with Crippen molar-refractivity contribution in [2.24, 2.45) is 0 Å². The molecule has 0 saturated carbocycles. The lowest BCUT2D eigenvalue weighted by atomic mass is 10.1. The lowest BCUT2D eigenvalue weighted by Crippen LogP contribution is -2.13. The average Bonchev–Trinajstić information content (AvgIpc) is 2.40. The molecule has 0 atom stereocenters. The third-order valence-corrected chi connectivity index (χ3v) is 3.21. The van der Waals surface area contributed by atoms with Crippen LogP contribution in [0.4, 0.5) is 11.4 Å². The van der Waals surface area contributed by atoms with Crippen LogP contribution in [0.1, 0.15) is 21.6 Å². The molecule has 1 aromatic heterocycles. The molecule has 2 rings (SSSR count). The number of aromatic nitrogens is 1. The maximum absolute atomic E-state index is 12.1. The fraction of sp³-hybridized carbons (Fsp3) is 0.143. The minimum Gasteiger partial charge on any atom is -0.322 e. The van der Waals surface area contributed by atoms with Crippen LogP contribution >= 0.6 is 11.6 Å². The Bertz CT molecular complexity index is 731. The monoisotopic (exact) mass is 305 g/mol. The van der Waals surface area contributed by atoms with Crippen LogP contribution in [0.3, 0.4) is 0 Å². The molecule has 0 aliphatic heterocycles. The van der Waals surface area contributed by atoms with Crippen molar-refractivity contribution in [3.8, 4) is 0 Å². The van der Waals surface area contributed by atoms with Gasteiger partial charge in [0.15, 0.2) is 0 Å². The number of amides is 1. The molecule has 108 valence electrons. The van der Waals surface area contributed by atoms with Gasteiger partial charge >= 0.3 is 0 Å². The van der Waals surface area contributed by atoms with Gasteiger partial charge in [0, 0.05) is 29.2 Å². The first-order valence-corrected chi connectivity index (χ1v) is 6.45. The number of nitrogens with zero attached hydrogens (tertiary/aromatic N) is 2. The minimum atomic E-state index is -0.495. The largest absolute Gasteiger partial charge is 0.322 e.